The van der Waals surface area contributed by atoms with Gasteiger partial charge in [0.05, 0.1) is 15.2 Å². The van der Waals surface area contributed by atoms with Crippen LogP contribution in [0.25, 0.3) is 10.2 Å². The molecule has 3 atom stereocenters. The first-order valence-corrected chi connectivity index (χ1v) is 15.5. The summed E-state index contributed by atoms with van der Waals surface area (Å²) in [5.41, 5.74) is 2.51. The Morgan fingerprint density at radius 1 is 0.947 bits per heavy atom. The summed E-state index contributed by atoms with van der Waals surface area (Å²) in [6.07, 6.45) is 9.29. The van der Waals surface area contributed by atoms with Gasteiger partial charge in [-0.05, 0) is 74.2 Å². The summed E-state index contributed by atoms with van der Waals surface area (Å²) in [7, 11) is 0. The monoisotopic (exact) mass is 531 g/mol. The minimum atomic E-state index is -0.611. The van der Waals surface area contributed by atoms with E-state index < -0.39 is 5.97 Å². The maximum atomic E-state index is 12.5. The van der Waals surface area contributed by atoms with Crippen LogP contribution in [0, 0.1) is 17.8 Å². The van der Waals surface area contributed by atoms with E-state index in [1.165, 1.54) is 47.4 Å². The summed E-state index contributed by atoms with van der Waals surface area (Å²) in [5, 5.41) is 11.6. The fourth-order valence-electron chi connectivity index (χ4n) is 7.46. The number of para-hydroxylation sites is 1. The molecule has 2 aliphatic heterocycles. The van der Waals surface area contributed by atoms with Gasteiger partial charge in [0, 0.05) is 32.0 Å². The lowest BCUT2D eigenvalue weighted by molar-refractivity contribution is -0.145. The zero-order valence-corrected chi connectivity index (χ0v) is 23.2. The van der Waals surface area contributed by atoms with Gasteiger partial charge in [-0.25, -0.2) is 4.98 Å². The van der Waals surface area contributed by atoms with Gasteiger partial charge in [0.25, 0.3) is 0 Å². The minimum absolute atomic E-state index is 0.301. The molecule has 5 nitrogen and oxygen atoms in total. The van der Waals surface area contributed by atoms with Crippen LogP contribution in [0.1, 0.15) is 61.4 Å². The molecule has 0 amide bonds. The maximum Gasteiger partial charge on any atom is 0.321 e. The van der Waals surface area contributed by atoms with Crippen LogP contribution in [0.15, 0.2) is 54.6 Å². The summed E-state index contributed by atoms with van der Waals surface area (Å²) < 4.78 is 1.30. The third-order valence-electron chi connectivity index (χ3n) is 9.44. The van der Waals surface area contributed by atoms with E-state index in [4.69, 9.17) is 4.98 Å². The second kappa shape index (κ2) is 11.8. The Labute approximate surface area is 230 Å². The van der Waals surface area contributed by atoms with E-state index in [1.807, 2.05) is 11.3 Å². The summed E-state index contributed by atoms with van der Waals surface area (Å²) >= 11 is 1.85. The molecule has 3 heterocycles. The van der Waals surface area contributed by atoms with Gasteiger partial charge in [-0.1, -0.05) is 61.7 Å². The van der Waals surface area contributed by atoms with Gasteiger partial charge in [0.2, 0.25) is 0 Å². The fraction of sp³-hybridized carbons (Fsp3) is 0.562. The Morgan fingerprint density at radius 3 is 2.42 bits per heavy atom. The molecule has 0 spiro atoms. The maximum absolute atomic E-state index is 12.5. The third kappa shape index (κ3) is 5.83. The van der Waals surface area contributed by atoms with Crippen molar-refractivity contribution in [3.8, 4) is 0 Å². The van der Waals surface area contributed by atoms with Crippen LogP contribution in [0.4, 0.5) is 0 Å². The van der Waals surface area contributed by atoms with E-state index in [0.717, 1.165) is 57.5 Å². The second-order valence-corrected chi connectivity index (χ2v) is 13.1. The Morgan fingerprint density at radius 2 is 1.68 bits per heavy atom. The molecule has 1 aliphatic carbocycles. The lowest BCUT2D eigenvalue weighted by Gasteiger charge is -2.35. The summed E-state index contributed by atoms with van der Waals surface area (Å²) in [6, 6.07) is 19.0. The van der Waals surface area contributed by atoms with Crippen LogP contribution in [0.5, 0.6) is 0 Å². The van der Waals surface area contributed by atoms with Crippen LogP contribution in [-0.4, -0.2) is 64.6 Å². The van der Waals surface area contributed by atoms with Gasteiger partial charge >= 0.3 is 5.97 Å². The number of rotatable bonds is 8. The quantitative estimate of drug-likeness (QED) is 0.370. The van der Waals surface area contributed by atoms with Crippen LogP contribution < -0.4 is 0 Å². The Kier molecular flexibility index (Phi) is 8.10. The predicted octanol–water partition coefficient (Wildman–Crippen LogP) is 6.30. The molecule has 2 aromatic carbocycles. The normalized spacial score (nSPS) is 25.2. The highest BCUT2D eigenvalue weighted by Crippen LogP contribution is 2.39. The number of carbonyl (C=O) groups is 1. The van der Waals surface area contributed by atoms with Crippen molar-refractivity contribution >= 4 is 27.5 Å². The van der Waals surface area contributed by atoms with Crippen molar-refractivity contribution in [2.24, 2.45) is 17.8 Å². The van der Waals surface area contributed by atoms with Gasteiger partial charge < -0.3 is 10.0 Å². The number of likely N-dealkylation sites (tertiary alicyclic amines) is 2. The number of aliphatic carboxylic acids is 1. The first-order valence-electron chi connectivity index (χ1n) is 14.7. The number of benzene rings is 2. The molecule has 6 heteroatoms. The number of thiazole rings is 1. The average molecular weight is 532 g/mol. The van der Waals surface area contributed by atoms with Crippen molar-refractivity contribution in [3.05, 3.63) is 65.2 Å². The summed E-state index contributed by atoms with van der Waals surface area (Å²) in [6.45, 7) is 5.12. The highest BCUT2D eigenvalue weighted by Gasteiger charge is 2.43. The van der Waals surface area contributed by atoms with Crippen LogP contribution >= 0.6 is 11.3 Å². The number of hydrogen-bond acceptors (Lipinski definition) is 5. The van der Waals surface area contributed by atoms with E-state index in [-0.39, 0.29) is 6.04 Å². The molecule has 3 aliphatic rings. The molecule has 1 saturated carbocycles. The van der Waals surface area contributed by atoms with Gasteiger partial charge in [0.1, 0.15) is 6.04 Å². The second-order valence-electron chi connectivity index (χ2n) is 11.9. The Bertz CT molecular complexity index is 1170. The van der Waals surface area contributed by atoms with E-state index in [1.54, 1.807) is 0 Å². The molecule has 3 fully saturated rings. The van der Waals surface area contributed by atoms with Crippen molar-refractivity contribution in [2.75, 3.05) is 32.7 Å². The van der Waals surface area contributed by atoms with E-state index in [0.29, 0.717) is 23.7 Å². The van der Waals surface area contributed by atoms with Crippen molar-refractivity contribution in [1.29, 1.82) is 0 Å². The molecule has 2 saturated heterocycles. The fourth-order valence-corrected chi connectivity index (χ4v) is 8.54. The Hall–Kier alpha value is -2.28. The minimum Gasteiger partial charge on any atom is -0.480 e. The first-order chi connectivity index (χ1) is 18.6. The molecular formula is C32H41N3O2S. The van der Waals surface area contributed by atoms with Gasteiger partial charge in [-0.3, -0.25) is 9.69 Å². The SMILES string of the molecule is O=C(O)C(C1CCCCC1)N1CC(CN2CCC(Cc3nc4ccccc4s3)CC2)C(c2ccccc2)C1. The third-order valence-corrected chi connectivity index (χ3v) is 10.5. The Balaban J connectivity index is 1.10. The number of carboxylic acids is 1. The number of piperidine rings is 1. The van der Waals surface area contributed by atoms with Crippen LogP contribution in [0.3, 0.4) is 0 Å². The molecule has 1 N–H and O–H groups in total. The largest absolute Gasteiger partial charge is 0.480 e. The zero-order valence-electron chi connectivity index (χ0n) is 22.4. The highest BCUT2D eigenvalue weighted by molar-refractivity contribution is 7.18. The lowest BCUT2D eigenvalue weighted by atomic mass is 9.83. The number of nitrogens with zero attached hydrogens (tertiary/aromatic N) is 3. The molecule has 1 aromatic heterocycles. The molecule has 0 radical (unpaired) electrons. The lowest BCUT2D eigenvalue weighted by Crippen LogP contribution is -2.46. The predicted molar refractivity (Wildman–Crippen MR) is 155 cm³/mol. The molecular weight excluding hydrogens is 490 g/mol. The number of aromatic nitrogens is 1. The molecule has 3 unspecified atom stereocenters. The molecule has 6 rings (SSSR count). The summed E-state index contributed by atoms with van der Waals surface area (Å²) in [4.78, 5) is 22.4. The van der Waals surface area contributed by atoms with Gasteiger partial charge in [0.15, 0.2) is 0 Å². The van der Waals surface area contributed by atoms with Crippen LogP contribution in [0.2, 0.25) is 0 Å². The van der Waals surface area contributed by atoms with Crippen molar-refractivity contribution in [2.45, 2.75) is 63.3 Å². The average Bonchev–Trinajstić information content (AvgIpc) is 3.54. The van der Waals surface area contributed by atoms with Crippen molar-refractivity contribution in [3.63, 3.8) is 0 Å². The van der Waals surface area contributed by atoms with E-state index in [2.05, 4.69) is 64.4 Å². The molecule has 38 heavy (non-hydrogen) atoms. The smallest absolute Gasteiger partial charge is 0.321 e. The van der Waals surface area contributed by atoms with E-state index in [9.17, 15) is 9.90 Å². The first kappa shape index (κ1) is 26.0. The van der Waals surface area contributed by atoms with Crippen molar-refractivity contribution < 1.29 is 9.90 Å². The van der Waals surface area contributed by atoms with Gasteiger partial charge in [-0.2, -0.15) is 0 Å². The highest BCUT2D eigenvalue weighted by atomic mass is 32.1. The summed E-state index contributed by atoms with van der Waals surface area (Å²) in [5.74, 6) is 1.28. The molecule has 0 bridgehead atoms. The van der Waals surface area contributed by atoms with E-state index >= 15 is 0 Å². The van der Waals surface area contributed by atoms with Crippen LogP contribution in [-0.2, 0) is 11.2 Å². The zero-order chi connectivity index (χ0) is 25.9. The number of hydrogen-bond donors (Lipinski definition) is 1. The molecule has 202 valence electrons. The topological polar surface area (TPSA) is 56.7 Å². The van der Waals surface area contributed by atoms with Crippen molar-refractivity contribution in [1.82, 2.24) is 14.8 Å². The standard InChI is InChI=1S/C32H41N3O2S/c36-32(37)31(25-11-5-2-6-12-25)35-21-26(27(22-35)24-9-3-1-4-10-24)20-34-17-15-23(16-18-34)19-30-33-28-13-7-8-14-29(28)38-30/h1,3-4,7-10,13-14,23,25-27,31H,2,5-6,11-12,15-22H2,(H,36,37). The molecule has 3 aromatic rings. The van der Waals surface area contributed by atoms with Gasteiger partial charge in [-0.15, -0.1) is 11.3 Å². The number of carboxylic acid groups (broad SMARTS) is 1. The number of fused-ring (bicyclic) bond motifs is 1.